The van der Waals surface area contributed by atoms with Gasteiger partial charge in [-0.1, -0.05) is 382 Å². The molecule has 0 amide bonds. The predicted molar refractivity (Wildman–Crippen MR) is 573 cm³/mol. The summed E-state index contributed by atoms with van der Waals surface area (Å²) in [7, 11) is 0. The molecule has 0 bridgehead atoms. The van der Waals surface area contributed by atoms with E-state index in [2.05, 4.69) is 442 Å². The monoisotopic (exact) mass is 1730 g/mol. The molecule has 5 aromatic heterocycles. The van der Waals surface area contributed by atoms with Crippen molar-refractivity contribution in [1.29, 1.82) is 0 Å². The largest absolute Gasteiger partial charge is 0.456 e. The van der Waals surface area contributed by atoms with Crippen molar-refractivity contribution in [2.24, 2.45) is 0 Å². The second-order valence-corrected chi connectivity index (χ2v) is 35.5. The number of rotatable bonds is 9. The lowest BCUT2D eigenvalue weighted by Gasteiger charge is -2.19. The van der Waals surface area contributed by atoms with Gasteiger partial charge in [0.1, 0.15) is 44.7 Å². The third-order valence-corrected chi connectivity index (χ3v) is 28.0. The fourth-order valence-electron chi connectivity index (χ4n) is 22.1. The highest BCUT2D eigenvalue weighted by atomic mass is 16.3. The zero-order chi connectivity index (χ0) is 89.4. The summed E-state index contributed by atoms with van der Waals surface area (Å²) in [5, 5.41) is 31.3. The van der Waals surface area contributed by atoms with Crippen LogP contribution in [0.2, 0.25) is 0 Å². The van der Waals surface area contributed by atoms with Gasteiger partial charge < -0.3 is 17.7 Å². The zero-order valence-corrected chi connectivity index (χ0v) is 73.7. The number of pyridine rings is 1. The van der Waals surface area contributed by atoms with Crippen LogP contribution >= 0.6 is 0 Å². The highest BCUT2D eigenvalue weighted by Gasteiger charge is 2.29. The lowest BCUT2D eigenvalue weighted by molar-refractivity contribution is 0.668. The zero-order valence-electron chi connectivity index (χ0n) is 73.7. The van der Waals surface area contributed by atoms with Crippen molar-refractivity contribution in [1.82, 2.24) is 4.98 Å². The summed E-state index contributed by atoms with van der Waals surface area (Å²) in [5.41, 5.74) is 28.4. The molecule has 5 heteroatoms. The average molecular weight is 1730 g/mol. The van der Waals surface area contributed by atoms with Gasteiger partial charge in [-0.05, 0) is 271 Å². The van der Waals surface area contributed by atoms with Gasteiger partial charge in [-0.2, -0.15) is 0 Å². The Bertz CT molecular complexity index is 9440. The Kier molecular flexibility index (Phi) is 18.3. The number of benzene rings is 24. The minimum absolute atomic E-state index is 0.873. The van der Waals surface area contributed by atoms with E-state index in [1.54, 1.807) is 0 Å². The van der Waals surface area contributed by atoms with E-state index in [4.69, 9.17) is 17.7 Å². The molecule has 29 rings (SSSR count). The second-order valence-electron chi connectivity index (χ2n) is 35.5. The van der Waals surface area contributed by atoms with Crippen molar-refractivity contribution in [2.45, 2.75) is 0 Å². The van der Waals surface area contributed by atoms with Crippen LogP contribution in [0.25, 0.3) is 285 Å². The van der Waals surface area contributed by atoms with Gasteiger partial charge in [0.15, 0.2) is 0 Å². The van der Waals surface area contributed by atoms with E-state index in [1.807, 2.05) is 42.7 Å². The smallest absolute Gasteiger partial charge is 0.143 e. The number of fused-ring (bicyclic) bond motifs is 21. The van der Waals surface area contributed by atoms with Gasteiger partial charge in [-0.25, -0.2) is 0 Å². The van der Waals surface area contributed by atoms with E-state index >= 15 is 0 Å². The Morgan fingerprint density at radius 1 is 0.140 bits per heavy atom. The molecule has 0 aliphatic heterocycles. The Balaban J connectivity index is 0.000000104. The first-order valence-corrected chi connectivity index (χ1v) is 46.5. The maximum atomic E-state index is 6.87. The summed E-state index contributed by atoms with van der Waals surface area (Å²) in [4.78, 5) is 4.42. The van der Waals surface area contributed by atoms with Gasteiger partial charge in [0.2, 0.25) is 0 Å². The van der Waals surface area contributed by atoms with Gasteiger partial charge >= 0.3 is 0 Å². The van der Waals surface area contributed by atoms with Crippen LogP contribution in [0.5, 0.6) is 0 Å². The Labute approximate surface area is 781 Å². The van der Waals surface area contributed by atoms with E-state index in [0.29, 0.717) is 0 Å². The summed E-state index contributed by atoms with van der Waals surface area (Å²) in [6.45, 7) is 0. The van der Waals surface area contributed by atoms with E-state index in [0.717, 1.165) is 121 Å². The van der Waals surface area contributed by atoms with Crippen molar-refractivity contribution in [3.8, 4) is 100 Å². The van der Waals surface area contributed by atoms with Gasteiger partial charge in [0, 0.05) is 66.6 Å². The van der Waals surface area contributed by atoms with Gasteiger partial charge in [0.25, 0.3) is 0 Å². The maximum absolute atomic E-state index is 6.87. The van der Waals surface area contributed by atoms with Crippen LogP contribution < -0.4 is 0 Å². The SMILES string of the molecule is c1ccc(-c2cc(-c3c4ccccc4c(-c4ccc5ccccc5c4)c4ccccc34)c3c(c2)oc2ccccc23)cc1.c1ccc2cc(-c3c4ccccc4c(-c4ccc(-c5cccc6oc7ccccc7c56)c5oc6ccccc6c45)c4ccccc34)ccc2c1.c1cncc(-c2cc(-c3c4ccccc4c(-c4ccc5ccccc5c4)c4ccccc34)c3c(c2)oc2ccccc23)c1. The Morgan fingerprint density at radius 2 is 0.434 bits per heavy atom. The van der Waals surface area contributed by atoms with Gasteiger partial charge in [-0.15, -0.1) is 0 Å². The molecule has 5 heterocycles. The lowest BCUT2D eigenvalue weighted by Crippen LogP contribution is -1.92. The molecule has 0 saturated carbocycles. The second kappa shape index (κ2) is 31.9. The van der Waals surface area contributed by atoms with E-state index in [1.165, 1.54) is 164 Å². The van der Waals surface area contributed by atoms with Crippen LogP contribution in [0.15, 0.2) is 497 Å². The van der Waals surface area contributed by atoms with Gasteiger partial charge in [0.05, 0.1) is 0 Å². The molecular formula is C131H79NO4. The molecule has 0 aliphatic rings. The first-order valence-electron chi connectivity index (χ1n) is 46.5. The number of furan rings is 4. The summed E-state index contributed by atoms with van der Waals surface area (Å²) >= 11 is 0. The molecule has 0 unspecified atom stereocenters. The number of para-hydroxylation sites is 4. The van der Waals surface area contributed by atoms with E-state index in [-0.39, 0.29) is 0 Å². The Hall–Kier alpha value is -18.0. The predicted octanol–water partition coefficient (Wildman–Crippen LogP) is 37.4. The molecule has 0 N–H and O–H groups in total. The van der Waals surface area contributed by atoms with Crippen LogP contribution in [0, 0.1) is 0 Å². The molecule has 0 radical (unpaired) electrons. The van der Waals surface area contributed by atoms with E-state index in [9.17, 15) is 0 Å². The minimum atomic E-state index is 0.873. The fourth-order valence-corrected chi connectivity index (χ4v) is 22.1. The molecule has 0 fully saturated rings. The third kappa shape index (κ3) is 12.7. The van der Waals surface area contributed by atoms with Crippen LogP contribution in [0.1, 0.15) is 0 Å². The van der Waals surface area contributed by atoms with Crippen molar-refractivity contribution in [2.75, 3.05) is 0 Å². The normalized spacial score (nSPS) is 11.8. The van der Waals surface area contributed by atoms with Crippen molar-refractivity contribution in [3.63, 3.8) is 0 Å². The summed E-state index contributed by atoms with van der Waals surface area (Å²) < 4.78 is 26.2. The third-order valence-electron chi connectivity index (χ3n) is 28.0. The highest BCUT2D eigenvalue weighted by molar-refractivity contribution is 6.31. The Morgan fingerprint density at radius 3 is 0.824 bits per heavy atom. The molecule has 29 aromatic rings. The maximum Gasteiger partial charge on any atom is 0.143 e. The minimum Gasteiger partial charge on any atom is -0.456 e. The first kappa shape index (κ1) is 77.9. The number of hydrogen-bond donors (Lipinski definition) is 0. The molecule has 24 aromatic carbocycles. The number of hydrogen-bond acceptors (Lipinski definition) is 5. The molecule has 136 heavy (non-hydrogen) atoms. The van der Waals surface area contributed by atoms with Crippen LogP contribution in [-0.4, -0.2) is 4.98 Å². The van der Waals surface area contributed by atoms with E-state index < -0.39 is 0 Å². The summed E-state index contributed by atoms with van der Waals surface area (Å²) in [6.07, 6.45) is 3.74. The molecule has 0 saturated heterocycles. The molecule has 0 aliphatic carbocycles. The standard InChI is InChI=1S/C48H28O2.C42H26O.C41H25NO/c1-2-13-30-28-31(25-24-29(30)12-1)44-32-14-3-5-16-34(32)45(35-17-6-4-15-33(35)44)40-27-26-37(48-47(40)39-19-8-10-22-42(39)50-48)36-20-11-23-43-46(36)38-18-7-9-21-41(38)49-43;1-2-12-27(13-3-1)31-25-37(42-36-20-10-11-21-38(36)43-39(42)26-31)41-34-18-8-6-16-32(34)40(33-17-7-9-19-35(33)41)30-23-22-28-14-4-5-15-29(28)24-30;1-2-11-27-22-28(20-19-26(27)10-1)39-31-13-3-5-15-33(31)40(34-16-6-4-14-32(34)39)36-23-30(29-12-9-21-42-25-29)24-38-41(36)35-17-7-8-18-37(35)43-38/h1-28H;1-26H;1-25H. The molecule has 0 spiro atoms. The van der Waals surface area contributed by atoms with Crippen LogP contribution in [0.4, 0.5) is 0 Å². The first-order chi connectivity index (χ1) is 67.5. The highest BCUT2D eigenvalue weighted by Crippen LogP contribution is 2.55. The van der Waals surface area contributed by atoms with Gasteiger partial charge in [-0.3, -0.25) is 4.98 Å². The number of aromatic nitrogens is 1. The number of nitrogens with zero attached hydrogens (tertiary/aromatic N) is 1. The molecular weight excluding hydrogens is 1650 g/mol. The van der Waals surface area contributed by atoms with Crippen molar-refractivity contribution >= 4 is 185 Å². The topological polar surface area (TPSA) is 65.5 Å². The molecule has 632 valence electrons. The lowest BCUT2D eigenvalue weighted by atomic mass is 9.84. The van der Waals surface area contributed by atoms with Crippen LogP contribution in [0.3, 0.4) is 0 Å². The summed E-state index contributed by atoms with van der Waals surface area (Å²) in [6, 6.07) is 168. The van der Waals surface area contributed by atoms with Crippen molar-refractivity contribution in [3.05, 3.63) is 480 Å². The van der Waals surface area contributed by atoms with Crippen molar-refractivity contribution < 1.29 is 17.7 Å². The van der Waals surface area contributed by atoms with Crippen LogP contribution in [-0.2, 0) is 0 Å². The fraction of sp³-hybridized carbons (Fsp3) is 0. The molecule has 5 nitrogen and oxygen atoms in total. The average Bonchev–Trinajstić information content (AvgIpc) is 1.22. The quantitative estimate of drug-likeness (QED) is 0.135. The molecule has 0 atom stereocenters. The summed E-state index contributed by atoms with van der Waals surface area (Å²) in [5.74, 6) is 0.